The fourth-order valence-electron chi connectivity index (χ4n) is 4.81. The van der Waals surface area contributed by atoms with Gasteiger partial charge in [0.05, 0.1) is 11.7 Å². The maximum Gasteiger partial charge on any atom is 0.226 e. The molecule has 6 nitrogen and oxygen atoms in total. The predicted molar refractivity (Wildman–Crippen MR) is 95.6 cm³/mol. The van der Waals surface area contributed by atoms with Crippen molar-refractivity contribution in [2.45, 2.75) is 77.9 Å². The van der Waals surface area contributed by atoms with E-state index in [1.54, 1.807) is 4.90 Å². The van der Waals surface area contributed by atoms with Gasteiger partial charge in [-0.15, -0.1) is 0 Å². The van der Waals surface area contributed by atoms with Crippen LogP contribution in [0.5, 0.6) is 0 Å². The Balaban J connectivity index is 2.11. The Kier molecular flexibility index (Phi) is 4.75. The van der Waals surface area contributed by atoms with Gasteiger partial charge in [-0.2, -0.15) is 0 Å². The van der Waals surface area contributed by atoms with Crippen LogP contribution in [0.3, 0.4) is 0 Å². The van der Waals surface area contributed by atoms with Crippen LogP contribution in [0.15, 0.2) is 16.3 Å². The Morgan fingerprint density at radius 3 is 2.68 bits per heavy atom. The minimum atomic E-state index is -0.975. The lowest BCUT2D eigenvalue weighted by molar-refractivity contribution is -0.126. The minimum absolute atomic E-state index is 0.0856. The summed E-state index contributed by atoms with van der Waals surface area (Å²) in [6, 6.07) is -0.0856. The zero-order chi connectivity index (χ0) is 18.4. The van der Waals surface area contributed by atoms with Crippen LogP contribution in [0.1, 0.15) is 66.2 Å². The van der Waals surface area contributed by atoms with Crippen LogP contribution in [-0.2, 0) is 9.59 Å². The molecular weight excluding hydrogens is 318 g/mol. The van der Waals surface area contributed by atoms with Crippen molar-refractivity contribution in [3.8, 4) is 0 Å². The van der Waals surface area contributed by atoms with E-state index in [9.17, 15) is 14.7 Å². The zero-order valence-electron chi connectivity index (χ0n) is 15.6. The average molecular weight is 347 g/mol. The lowest BCUT2D eigenvalue weighted by Crippen LogP contribution is -2.56. The van der Waals surface area contributed by atoms with Gasteiger partial charge in [0.15, 0.2) is 0 Å². The summed E-state index contributed by atoms with van der Waals surface area (Å²) in [6.07, 6.45) is 5.40. The number of nitrogens with zero attached hydrogens (tertiary/aromatic N) is 2. The van der Waals surface area contributed by atoms with E-state index < -0.39 is 5.60 Å². The summed E-state index contributed by atoms with van der Waals surface area (Å²) in [7, 11) is 0. The van der Waals surface area contributed by atoms with Crippen LogP contribution in [0, 0.1) is 11.8 Å². The first kappa shape index (κ1) is 18.1. The van der Waals surface area contributed by atoms with E-state index in [2.05, 4.69) is 24.2 Å². The lowest BCUT2D eigenvalue weighted by atomic mass is 9.68. The molecule has 2 amide bonds. The molecule has 2 unspecified atom stereocenters. The Bertz CT molecular complexity index is 654. The molecule has 1 aliphatic heterocycles. The smallest absolute Gasteiger partial charge is 0.226 e. The maximum atomic E-state index is 12.3. The summed E-state index contributed by atoms with van der Waals surface area (Å²) in [5.41, 5.74) is 0.867. The third-order valence-corrected chi connectivity index (χ3v) is 6.02. The fraction of sp³-hybridized carbons (Fsp3) is 0.737. The molecule has 2 N–H and O–H groups in total. The van der Waals surface area contributed by atoms with Gasteiger partial charge in [-0.05, 0) is 43.1 Å². The highest BCUT2D eigenvalue weighted by molar-refractivity contribution is 6.05. The van der Waals surface area contributed by atoms with Crippen LogP contribution < -0.4 is 5.32 Å². The second-order valence-corrected chi connectivity index (χ2v) is 7.76. The Morgan fingerprint density at radius 2 is 2.08 bits per heavy atom. The Hall–Kier alpha value is -1.69. The van der Waals surface area contributed by atoms with Crippen molar-refractivity contribution in [2.24, 2.45) is 16.8 Å². The molecular formula is C19H29N3O3. The summed E-state index contributed by atoms with van der Waals surface area (Å²) < 4.78 is 0. The molecule has 1 fully saturated rings. The van der Waals surface area contributed by atoms with Gasteiger partial charge in [0.25, 0.3) is 0 Å². The van der Waals surface area contributed by atoms with Crippen LogP contribution in [0.25, 0.3) is 0 Å². The molecule has 1 saturated carbocycles. The minimum Gasteiger partial charge on any atom is -0.383 e. The largest absolute Gasteiger partial charge is 0.383 e. The molecule has 3 rings (SSSR count). The average Bonchev–Trinajstić information content (AvgIpc) is 2.93. The second-order valence-electron chi connectivity index (χ2n) is 7.76. The van der Waals surface area contributed by atoms with Crippen molar-refractivity contribution in [1.29, 1.82) is 0 Å². The number of nitrogens with one attached hydrogen (secondary N) is 1. The third kappa shape index (κ3) is 2.90. The van der Waals surface area contributed by atoms with Gasteiger partial charge in [-0.25, -0.2) is 4.99 Å². The van der Waals surface area contributed by atoms with E-state index in [0.717, 1.165) is 37.7 Å². The normalized spacial score (nSPS) is 33.9. The van der Waals surface area contributed by atoms with Crippen LogP contribution in [0.4, 0.5) is 0 Å². The van der Waals surface area contributed by atoms with E-state index in [1.165, 1.54) is 13.8 Å². The predicted octanol–water partition coefficient (Wildman–Crippen LogP) is 2.33. The molecule has 0 spiro atoms. The van der Waals surface area contributed by atoms with Crippen molar-refractivity contribution in [1.82, 2.24) is 10.2 Å². The number of aliphatic hydroxyl groups is 1. The zero-order valence-corrected chi connectivity index (χ0v) is 15.6. The summed E-state index contributed by atoms with van der Waals surface area (Å²) in [5.74, 6) is 0.382. The fourth-order valence-corrected chi connectivity index (χ4v) is 4.81. The molecule has 0 aromatic carbocycles. The lowest BCUT2D eigenvalue weighted by Gasteiger charge is -2.46. The first-order chi connectivity index (χ1) is 11.8. The van der Waals surface area contributed by atoms with Crippen molar-refractivity contribution in [2.75, 3.05) is 0 Å². The highest BCUT2D eigenvalue weighted by atomic mass is 16.3. The molecule has 0 aromatic rings. The molecule has 4 atom stereocenters. The van der Waals surface area contributed by atoms with Gasteiger partial charge >= 0.3 is 0 Å². The number of guanidine groups is 1. The number of carbonyl (C=O) groups is 2. The topological polar surface area (TPSA) is 82.0 Å². The van der Waals surface area contributed by atoms with E-state index in [1.807, 2.05) is 0 Å². The Morgan fingerprint density at radius 1 is 1.36 bits per heavy atom. The molecule has 3 aliphatic rings. The quantitative estimate of drug-likeness (QED) is 0.822. The van der Waals surface area contributed by atoms with Gasteiger partial charge in [-0.3, -0.25) is 19.8 Å². The first-order valence-corrected chi connectivity index (χ1v) is 9.42. The summed E-state index contributed by atoms with van der Waals surface area (Å²) in [6.45, 7) is 7.12. The molecule has 1 heterocycles. The van der Waals surface area contributed by atoms with E-state index in [0.29, 0.717) is 18.0 Å². The van der Waals surface area contributed by atoms with Crippen LogP contribution in [-0.4, -0.2) is 39.4 Å². The second kappa shape index (κ2) is 6.56. The monoisotopic (exact) mass is 347 g/mol. The number of unbranched alkanes of at least 4 members (excludes halogenated alkanes) is 1. The highest BCUT2D eigenvalue weighted by Crippen LogP contribution is 2.52. The van der Waals surface area contributed by atoms with E-state index >= 15 is 0 Å². The number of aliphatic imine (C=N–C) groups is 1. The summed E-state index contributed by atoms with van der Waals surface area (Å²) >= 11 is 0. The summed E-state index contributed by atoms with van der Waals surface area (Å²) in [5, 5.41) is 14.2. The standard InChI is InChI=1S/C19H29N3O3/c1-5-6-9-19(25)11(2)10-14-7-8-15-16(14)17(19)21-18(20-12(3)23)22(15)13(4)24/h11,14-15,25H,5-10H2,1-4H3,(H,20,21,23)/t11?,14-,15-,19?/m0/s1. The highest BCUT2D eigenvalue weighted by Gasteiger charge is 2.53. The molecule has 25 heavy (non-hydrogen) atoms. The molecule has 0 saturated heterocycles. The number of rotatable bonds is 3. The van der Waals surface area contributed by atoms with Gasteiger partial charge in [-0.1, -0.05) is 26.7 Å². The van der Waals surface area contributed by atoms with Gasteiger partial charge in [0.2, 0.25) is 17.8 Å². The number of carbonyl (C=O) groups excluding carboxylic acids is 2. The maximum absolute atomic E-state index is 12.3. The van der Waals surface area contributed by atoms with Crippen LogP contribution in [0.2, 0.25) is 0 Å². The molecule has 0 bridgehead atoms. The first-order valence-electron chi connectivity index (χ1n) is 9.42. The number of hydrogen-bond acceptors (Lipinski definition) is 4. The van der Waals surface area contributed by atoms with Crippen molar-refractivity contribution in [3.63, 3.8) is 0 Å². The third-order valence-electron chi connectivity index (χ3n) is 6.02. The van der Waals surface area contributed by atoms with Gasteiger partial charge in [0, 0.05) is 13.8 Å². The molecule has 138 valence electrons. The molecule has 2 aliphatic carbocycles. The van der Waals surface area contributed by atoms with Crippen molar-refractivity contribution < 1.29 is 14.7 Å². The van der Waals surface area contributed by atoms with E-state index in [4.69, 9.17) is 0 Å². The van der Waals surface area contributed by atoms with E-state index in [-0.39, 0.29) is 29.7 Å². The molecule has 0 aromatic heterocycles. The molecule has 6 heteroatoms. The number of hydrogen-bond donors (Lipinski definition) is 2. The van der Waals surface area contributed by atoms with Crippen molar-refractivity contribution >= 4 is 17.8 Å². The summed E-state index contributed by atoms with van der Waals surface area (Å²) in [4.78, 5) is 30.2. The van der Waals surface area contributed by atoms with Gasteiger partial charge in [0.1, 0.15) is 5.60 Å². The number of amides is 2. The van der Waals surface area contributed by atoms with Crippen molar-refractivity contribution in [3.05, 3.63) is 11.3 Å². The molecule has 0 radical (unpaired) electrons. The van der Waals surface area contributed by atoms with Crippen LogP contribution >= 0.6 is 0 Å². The Labute approximate surface area is 149 Å². The van der Waals surface area contributed by atoms with Gasteiger partial charge < -0.3 is 5.11 Å². The SMILES string of the molecule is CCCCC1(O)C2=C3[C@@H](CC[C@@H]3N(C(C)=O)C(NC(C)=O)=N2)CC1C.